The molecule has 0 saturated heterocycles. The van der Waals surface area contributed by atoms with Gasteiger partial charge in [0.2, 0.25) is 0 Å². The maximum atomic E-state index is 13.2. The fourth-order valence-electron chi connectivity index (χ4n) is 2.79. The third kappa shape index (κ3) is 3.31. The highest BCUT2D eigenvalue weighted by Gasteiger charge is 2.19. The Balaban J connectivity index is 0.000000948. The largest absolute Gasteiger partial charge is 0.482 e. The predicted octanol–water partition coefficient (Wildman–Crippen LogP) is 4.34. The van der Waals surface area contributed by atoms with Crippen molar-refractivity contribution in [3.63, 3.8) is 0 Å². The minimum atomic E-state index is -0.294. The lowest BCUT2D eigenvalue weighted by Crippen LogP contribution is -2.25. The van der Waals surface area contributed by atoms with Crippen LogP contribution < -0.4 is 10.1 Å². The Morgan fingerprint density at radius 1 is 1.15 bits per heavy atom. The molecule has 1 aromatic heterocycles. The van der Waals surface area contributed by atoms with Crippen LogP contribution >= 0.6 is 0 Å². The van der Waals surface area contributed by atoms with Crippen LogP contribution in [0.4, 0.5) is 10.1 Å². The number of halogens is 1. The lowest BCUT2D eigenvalue weighted by Gasteiger charge is -2.19. The summed E-state index contributed by atoms with van der Waals surface area (Å²) < 4.78 is 20.3. The van der Waals surface area contributed by atoms with Crippen molar-refractivity contribution in [2.75, 3.05) is 11.9 Å². The molecular formula is C20H20FN3O2. The average molecular weight is 353 g/mol. The van der Waals surface area contributed by atoms with E-state index in [1.54, 1.807) is 23.0 Å². The molecule has 1 aliphatic heterocycles. The van der Waals surface area contributed by atoms with Crippen molar-refractivity contribution in [2.24, 2.45) is 0 Å². The van der Waals surface area contributed by atoms with Crippen LogP contribution in [0.25, 0.3) is 16.9 Å². The maximum Gasteiger partial charge on any atom is 0.262 e. The van der Waals surface area contributed by atoms with Gasteiger partial charge in [0.15, 0.2) is 6.61 Å². The van der Waals surface area contributed by atoms with Gasteiger partial charge in [0, 0.05) is 5.56 Å². The second-order valence-corrected chi connectivity index (χ2v) is 5.61. The van der Waals surface area contributed by atoms with E-state index in [1.165, 1.54) is 12.1 Å². The van der Waals surface area contributed by atoms with Crippen LogP contribution in [0.1, 0.15) is 19.4 Å². The SMILES string of the molecule is CC.Cc1cnn(-c2ccc(F)cc2)c1-c1ccc2c(c1)NC(=O)CO2. The molecule has 26 heavy (non-hydrogen) atoms. The number of fused-ring (bicyclic) bond motifs is 1. The van der Waals surface area contributed by atoms with Crippen molar-refractivity contribution >= 4 is 11.6 Å². The fraction of sp³-hybridized carbons (Fsp3) is 0.200. The second-order valence-electron chi connectivity index (χ2n) is 5.61. The van der Waals surface area contributed by atoms with E-state index in [-0.39, 0.29) is 18.3 Å². The highest BCUT2D eigenvalue weighted by atomic mass is 19.1. The van der Waals surface area contributed by atoms with Gasteiger partial charge in [-0.15, -0.1) is 0 Å². The normalized spacial score (nSPS) is 12.4. The molecule has 6 heteroatoms. The molecule has 134 valence electrons. The molecule has 5 nitrogen and oxygen atoms in total. The number of rotatable bonds is 2. The summed E-state index contributed by atoms with van der Waals surface area (Å²) in [4.78, 5) is 11.5. The third-order valence-corrected chi connectivity index (χ3v) is 3.91. The molecule has 0 bridgehead atoms. The van der Waals surface area contributed by atoms with Crippen molar-refractivity contribution in [1.29, 1.82) is 0 Å². The van der Waals surface area contributed by atoms with E-state index in [0.29, 0.717) is 11.4 Å². The van der Waals surface area contributed by atoms with Crippen molar-refractivity contribution in [2.45, 2.75) is 20.8 Å². The molecule has 0 spiro atoms. The molecule has 0 atom stereocenters. The zero-order valence-corrected chi connectivity index (χ0v) is 14.9. The minimum Gasteiger partial charge on any atom is -0.482 e. The number of anilines is 1. The Kier molecular flexibility index (Phi) is 5.02. The van der Waals surface area contributed by atoms with Crippen LogP contribution in [0, 0.1) is 12.7 Å². The monoisotopic (exact) mass is 353 g/mol. The molecule has 2 aromatic carbocycles. The minimum absolute atomic E-state index is 0.0267. The molecule has 0 unspecified atom stereocenters. The molecule has 0 aliphatic carbocycles. The van der Waals surface area contributed by atoms with Gasteiger partial charge in [-0.05, 0) is 55.0 Å². The summed E-state index contributed by atoms with van der Waals surface area (Å²) in [6.07, 6.45) is 1.76. The summed E-state index contributed by atoms with van der Waals surface area (Å²) in [6, 6.07) is 11.7. The van der Waals surface area contributed by atoms with Crippen LogP contribution in [0.2, 0.25) is 0 Å². The van der Waals surface area contributed by atoms with E-state index in [9.17, 15) is 9.18 Å². The highest BCUT2D eigenvalue weighted by Crippen LogP contribution is 2.34. The van der Waals surface area contributed by atoms with Gasteiger partial charge in [-0.3, -0.25) is 4.79 Å². The topological polar surface area (TPSA) is 56.2 Å². The summed E-state index contributed by atoms with van der Waals surface area (Å²) >= 11 is 0. The van der Waals surface area contributed by atoms with Crippen LogP contribution in [-0.4, -0.2) is 22.3 Å². The Morgan fingerprint density at radius 3 is 2.62 bits per heavy atom. The van der Waals surface area contributed by atoms with Crippen LogP contribution in [0.15, 0.2) is 48.7 Å². The molecule has 1 N–H and O–H groups in total. The van der Waals surface area contributed by atoms with Crippen molar-refractivity contribution in [1.82, 2.24) is 9.78 Å². The molecule has 1 aliphatic rings. The van der Waals surface area contributed by atoms with E-state index in [4.69, 9.17) is 4.74 Å². The Labute approximate surface area is 151 Å². The number of carbonyl (C=O) groups excluding carboxylic acids is 1. The molecule has 4 rings (SSSR count). The standard InChI is InChI=1S/C18H14FN3O2.C2H6/c1-11-9-20-22(14-5-3-13(19)4-6-14)18(11)12-2-7-16-15(8-12)21-17(23)10-24-16;1-2/h2-9H,10H2,1H3,(H,21,23);1-2H3. The van der Waals surface area contributed by atoms with Crippen molar-refractivity contribution in [3.8, 4) is 22.7 Å². The van der Waals surface area contributed by atoms with E-state index < -0.39 is 0 Å². The number of aryl methyl sites for hydroxylation is 1. The number of carbonyl (C=O) groups is 1. The molecular weight excluding hydrogens is 333 g/mol. The molecule has 3 aromatic rings. The van der Waals surface area contributed by atoms with Gasteiger partial charge in [0.05, 0.1) is 23.3 Å². The highest BCUT2D eigenvalue weighted by molar-refractivity contribution is 5.96. The number of hydrogen-bond acceptors (Lipinski definition) is 3. The number of nitrogens with one attached hydrogen (secondary N) is 1. The van der Waals surface area contributed by atoms with Gasteiger partial charge >= 0.3 is 0 Å². The van der Waals surface area contributed by atoms with E-state index >= 15 is 0 Å². The quantitative estimate of drug-likeness (QED) is 0.745. The van der Waals surface area contributed by atoms with E-state index in [2.05, 4.69) is 10.4 Å². The first-order chi connectivity index (χ1) is 12.6. The Bertz CT molecular complexity index is 933. The van der Waals surface area contributed by atoms with E-state index in [1.807, 2.05) is 39.0 Å². The Hall–Kier alpha value is -3.15. The lowest BCUT2D eigenvalue weighted by molar-refractivity contribution is -0.118. The zero-order chi connectivity index (χ0) is 18.7. The van der Waals surface area contributed by atoms with Crippen molar-refractivity contribution < 1.29 is 13.9 Å². The van der Waals surface area contributed by atoms with Gasteiger partial charge < -0.3 is 10.1 Å². The molecule has 0 radical (unpaired) electrons. The molecule has 0 fully saturated rings. The van der Waals surface area contributed by atoms with E-state index in [0.717, 1.165) is 22.5 Å². The number of amides is 1. The number of aromatic nitrogens is 2. The first kappa shape index (κ1) is 17.7. The fourth-order valence-corrected chi connectivity index (χ4v) is 2.79. The average Bonchev–Trinajstić information content (AvgIpc) is 3.05. The number of hydrogen-bond donors (Lipinski definition) is 1. The maximum absolute atomic E-state index is 13.2. The Morgan fingerprint density at radius 2 is 1.88 bits per heavy atom. The van der Waals surface area contributed by atoms with Gasteiger partial charge in [0.25, 0.3) is 5.91 Å². The van der Waals surface area contributed by atoms with Gasteiger partial charge in [-0.2, -0.15) is 5.10 Å². The van der Waals surface area contributed by atoms with Crippen molar-refractivity contribution in [3.05, 3.63) is 60.0 Å². The summed E-state index contributed by atoms with van der Waals surface area (Å²) in [6.45, 7) is 5.98. The first-order valence-electron chi connectivity index (χ1n) is 8.49. The third-order valence-electron chi connectivity index (χ3n) is 3.91. The number of ether oxygens (including phenoxy) is 1. The zero-order valence-electron chi connectivity index (χ0n) is 14.9. The predicted molar refractivity (Wildman–Crippen MR) is 99.2 cm³/mol. The van der Waals surface area contributed by atoms with Gasteiger partial charge in [-0.25, -0.2) is 9.07 Å². The smallest absolute Gasteiger partial charge is 0.262 e. The van der Waals surface area contributed by atoms with Gasteiger partial charge in [-0.1, -0.05) is 13.8 Å². The summed E-state index contributed by atoms with van der Waals surface area (Å²) in [5.41, 5.74) is 4.14. The summed E-state index contributed by atoms with van der Waals surface area (Å²) in [5, 5.41) is 7.20. The number of nitrogens with zero attached hydrogens (tertiary/aromatic N) is 2. The van der Waals surface area contributed by atoms with Crippen LogP contribution in [-0.2, 0) is 4.79 Å². The summed E-state index contributed by atoms with van der Waals surface area (Å²) in [5.74, 6) is 0.171. The lowest BCUT2D eigenvalue weighted by atomic mass is 10.1. The second kappa shape index (κ2) is 7.39. The first-order valence-corrected chi connectivity index (χ1v) is 8.49. The summed E-state index contributed by atoms with van der Waals surface area (Å²) in [7, 11) is 0. The molecule has 0 saturated carbocycles. The van der Waals surface area contributed by atoms with Crippen LogP contribution in [0.5, 0.6) is 5.75 Å². The number of benzene rings is 2. The molecule has 1 amide bonds. The molecule has 2 heterocycles. The van der Waals surface area contributed by atoms with Crippen LogP contribution in [0.3, 0.4) is 0 Å². The van der Waals surface area contributed by atoms with Gasteiger partial charge in [0.1, 0.15) is 11.6 Å².